The molecule has 0 aliphatic carbocycles. The molecule has 8 heteroatoms. The quantitative estimate of drug-likeness (QED) is 0.691. The maximum absolute atomic E-state index is 12.8. The van der Waals surface area contributed by atoms with Crippen LogP contribution in [-0.4, -0.2) is 72.0 Å². The van der Waals surface area contributed by atoms with E-state index < -0.39 is 6.04 Å². The predicted molar refractivity (Wildman–Crippen MR) is 99.3 cm³/mol. The van der Waals surface area contributed by atoms with Crippen molar-refractivity contribution in [1.82, 2.24) is 20.4 Å². The fraction of sp³-hybridized carbons (Fsp3) is 0.550. The number of carbonyl (C=O) groups is 3. The van der Waals surface area contributed by atoms with E-state index in [0.29, 0.717) is 30.6 Å². The number of benzene rings is 1. The minimum absolute atomic E-state index is 0.123. The number of hydrogen-bond donors (Lipinski definition) is 2. The molecule has 28 heavy (non-hydrogen) atoms. The topological polar surface area (TPSA) is 91.0 Å². The van der Waals surface area contributed by atoms with Gasteiger partial charge in [-0.3, -0.25) is 24.6 Å². The zero-order valence-corrected chi connectivity index (χ0v) is 15.6. The van der Waals surface area contributed by atoms with Gasteiger partial charge in [-0.25, -0.2) is 0 Å². The summed E-state index contributed by atoms with van der Waals surface area (Å²) in [5.41, 5.74) is 2.79. The average molecular weight is 384 g/mol. The Labute approximate surface area is 163 Å². The molecule has 148 valence electrons. The van der Waals surface area contributed by atoms with Crippen molar-refractivity contribution in [3.8, 4) is 0 Å². The first kappa shape index (κ1) is 17.8. The highest BCUT2D eigenvalue weighted by Gasteiger charge is 2.39. The summed E-state index contributed by atoms with van der Waals surface area (Å²) in [5.74, 6) is -0.758. The van der Waals surface area contributed by atoms with Gasteiger partial charge in [-0.05, 0) is 23.6 Å². The summed E-state index contributed by atoms with van der Waals surface area (Å²) in [5, 5.41) is 5.86. The molecule has 1 aromatic carbocycles. The molecular formula is C20H24N4O4. The molecule has 8 nitrogen and oxygen atoms in total. The first-order chi connectivity index (χ1) is 13.6. The van der Waals surface area contributed by atoms with Gasteiger partial charge in [-0.1, -0.05) is 12.1 Å². The van der Waals surface area contributed by atoms with E-state index >= 15 is 0 Å². The Balaban J connectivity index is 1.32. The standard InChI is InChI=1S/C20H24N4O4/c25-18-4-3-16(19(26)22-18)24-9-13-7-12(1-2-14(13)20(24)27)8-23-6-5-21-15-10-28-11-17(15)23/h1-2,7,15-17,21H,3-6,8-11H2,(H,22,25,26)/t15-,16?,17+/m0/s1. The lowest BCUT2D eigenvalue weighted by Crippen LogP contribution is -2.56. The van der Waals surface area contributed by atoms with Crippen LogP contribution in [-0.2, 0) is 27.4 Å². The first-order valence-corrected chi connectivity index (χ1v) is 9.92. The molecule has 3 atom stereocenters. The van der Waals surface area contributed by atoms with Crippen molar-refractivity contribution in [2.45, 2.75) is 44.1 Å². The monoisotopic (exact) mass is 384 g/mol. The predicted octanol–water partition coefficient (Wildman–Crippen LogP) is -0.380. The molecule has 0 spiro atoms. The van der Waals surface area contributed by atoms with E-state index in [1.165, 1.54) is 5.56 Å². The van der Waals surface area contributed by atoms with Crippen molar-refractivity contribution in [2.75, 3.05) is 26.3 Å². The van der Waals surface area contributed by atoms with E-state index in [9.17, 15) is 14.4 Å². The lowest BCUT2D eigenvalue weighted by Gasteiger charge is -2.37. The van der Waals surface area contributed by atoms with Crippen LogP contribution in [0.25, 0.3) is 0 Å². The maximum Gasteiger partial charge on any atom is 0.255 e. The third-order valence-electron chi connectivity index (χ3n) is 6.30. The maximum atomic E-state index is 12.8. The number of carbonyl (C=O) groups excluding carboxylic acids is 3. The second-order valence-electron chi connectivity index (χ2n) is 8.03. The van der Waals surface area contributed by atoms with Crippen LogP contribution in [0.1, 0.15) is 34.3 Å². The highest BCUT2D eigenvalue weighted by molar-refractivity contribution is 6.05. The highest BCUT2D eigenvalue weighted by Crippen LogP contribution is 2.29. The number of ether oxygens (including phenoxy) is 1. The van der Waals surface area contributed by atoms with Gasteiger partial charge in [0.05, 0.1) is 19.3 Å². The van der Waals surface area contributed by atoms with E-state index in [0.717, 1.165) is 38.4 Å². The average Bonchev–Trinajstić information content (AvgIpc) is 3.27. The fourth-order valence-electron chi connectivity index (χ4n) is 4.81. The Morgan fingerprint density at radius 1 is 1.18 bits per heavy atom. The molecule has 1 aromatic rings. The number of nitrogens with zero attached hydrogens (tertiary/aromatic N) is 2. The fourth-order valence-corrected chi connectivity index (χ4v) is 4.81. The van der Waals surface area contributed by atoms with Crippen molar-refractivity contribution < 1.29 is 19.1 Å². The summed E-state index contributed by atoms with van der Waals surface area (Å²) in [6.45, 7) is 4.70. The van der Waals surface area contributed by atoms with Crippen LogP contribution in [0.15, 0.2) is 18.2 Å². The number of rotatable bonds is 3. The Morgan fingerprint density at radius 3 is 2.93 bits per heavy atom. The van der Waals surface area contributed by atoms with E-state index in [4.69, 9.17) is 4.74 Å². The number of hydrogen-bond acceptors (Lipinski definition) is 6. The summed E-state index contributed by atoms with van der Waals surface area (Å²) < 4.78 is 5.63. The van der Waals surface area contributed by atoms with Gasteiger partial charge < -0.3 is 15.0 Å². The minimum Gasteiger partial charge on any atom is -0.378 e. The van der Waals surface area contributed by atoms with Gasteiger partial charge in [-0.15, -0.1) is 0 Å². The summed E-state index contributed by atoms with van der Waals surface area (Å²) >= 11 is 0. The lowest BCUT2D eigenvalue weighted by atomic mass is 10.0. The van der Waals surface area contributed by atoms with Crippen LogP contribution in [0.3, 0.4) is 0 Å². The molecule has 4 heterocycles. The number of nitrogens with one attached hydrogen (secondary N) is 2. The van der Waals surface area contributed by atoms with Gasteiger partial charge >= 0.3 is 0 Å². The molecular weight excluding hydrogens is 360 g/mol. The SMILES string of the molecule is O=C1CCC(N2Cc3cc(CN4CCN[C@H]5COC[C@H]54)ccc3C2=O)C(=O)N1. The van der Waals surface area contributed by atoms with Gasteiger partial charge in [-0.2, -0.15) is 0 Å². The van der Waals surface area contributed by atoms with Gasteiger partial charge in [0, 0.05) is 44.2 Å². The molecule has 4 aliphatic heterocycles. The van der Waals surface area contributed by atoms with Crippen molar-refractivity contribution in [2.24, 2.45) is 0 Å². The molecule has 0 saturated carbocycles. The van der Waals surface area contributed by atoms with E-state index in [-0.39, 0.29) is 24.1 Å². The van der Waals surface area contributed by atoms with Gasteiger partial charge in [0.15, 0.2) is 0 Å². The van der Waals surface area contributed by atoms with Crippen molar-refractivity contribution >= 4 is 17.7 Å². The van der Waals surface area contributed by atoms with Crippen LogP contribution in [0.4, 0.5) is 0 Å². The molecule has 0 radical (unpaired) electrons. The molecule has 0 bridgehead atoms. The number of imide groups is 1. The highest BCUT2D eigenvalue weighted by atomic mass is 16.5. The molecule has 3 saturated heterocycles. The second-order valence-corrected chi connectivity index (χ2v) is 8.03. The molecule has 5 rings (SSSR count). The summed E-state index contributed by atoms with van der Waals surface area (Å²) in [6, 6.07) is 6.20. The van der Waals surface area contributed by atoms with Crippen molar-refractivity contribution in [3.05, 3.63) is 34.9 Å². The third-order valence-corrected chi connectivity index (χ3v) is 6.30. The smallest absolute Gasteiger partial charge is 0.255 e. The third kappa shape index (κ3) is 3.01. The van der Waals surface area contributed by atoms with Crippen LogP contribution in [0, 0.1) is 0 Å². The molecule has 2 N–H and O–H groups in total. The van der Waals surface area contributed by atoms with Crippen molar-refractivity contribution in [3.63, 3.8) is 0 Å². The van der Waals surface area contributed by atoms with Crippen LogP contribution < -0.4 is 10.6 Å². The Kier molecular flexibility index (Phi) is 4.41. The van der Waals surface area contributed by atoms with Gasteiger partial charge in [0.2, 0.25) is 11.8 Å². The van der Waals surface area contributed by atoms with Gasteiger partial charge in [0.1, 0.15) is 6.04 Å². The lowest BCUT2D eigenvalue weighted by molar-refractivity contribution is -0.136. The largest absolute Gasteiger partial charge is 0.378 e. The van der Waals surface area contributed by atoms with Crippen LogP contribution in [0.5, 0.6) is 0 Å². The van der Waals surface area contributed by atoms with Crippen molar-refractivity contribution in [1.29, 1.82) is 0 Å². The van der Waals surface area contributed by atoms with E-state index in [1.807, 2.05) is 12.1 Å². The van der Waals surface area contributed by atoms with E-state index in [1.54, 1.807) is 4.90 Å². The second kappa shape index (κ2) is 6.95. The first-order valence-electron chi connectivity index (χ1n) is 9.92. The molecule has 3 amide bonds. The molecule has 0 aromatic heterocycles. The molecule has 4 aliphatic rings. The summed E-state index contributed by atoms with van der Waals surface area (Å²) in [4.78, 5) is 40.4. The number of fused-ring (bicyclic) bond motifs is 2. The number of piperazine rings is 1. The zero-order valence-electron chi connectivity index (χ0n) is 15.6. The number of amides is 3. The van der Waals surface area contributed by atoms with Gasteiger partial charge in [0.25, 0.3) is 5.91 Å². The minimum atomic E-state index is -0.564. The Bertz CT molecular complexity index is 841. The van der Waals surface area contributed by atoms with Crippen LogP contribution >= 0.6 is 0 Å². The normalized spacial score (nSPS) is 30.4. The Hall–Kier alpha value is -2.29. The zero-order chi connectivity index (χ0) is 19.3. The summed E-state index contributed by atoms with van der Waals surface area (Å²) in [6.07, 6.45) is 0.663. The Morgan fingerprint density at radius 2 is 2.07 bits per heavy atom. The number of piperidine rings is 1. The van der Waals surface area contributed by atoms with Crippen LogP contribution in [0.2, 0.25) is 0 Å². The molecule has 1 unspecified atom stereocenters. The molecule has 3 fully saturated rings. The summed E-state index contributed by atoms with van der Waals surface area (Å²) in [7, 11) is 0. The van der Waals surface area contributed by atoms with E-state index in [2.05, 4.69) is 21.6 Å².